The predicted molar refractivity (Wildman–Crippen MR) is 116 cm³/mol. The first-order chi connectivity index (χ1) is 13.4. The summed E-state index contributed by atoms with van der Waals surface area (Å²) in [6, 6.07) is 8.86. The predicted octanol–water partition coefficient (Wildman–Crippen LogP) is 3.37. The number of amidine groups is 1. The van der Waals surface area contributed by atoms with E-state index in [-0.39, 0.29) is 17.4 Å². The summed E-state index contributed by atoms with van der Waals surface area (Å²) >= 11 is 4.83. The summed E-state index contributed by atoms with van der Waals surface area (Å²) < 4.78 is 5.63. The highest BCUT2D eigenvalue weighted by Crippen LogP contribution is 2.35. The van der Waals surface area contributed by atoms with Crippen LogP contribution in [0.1, 0.15) is 30.9 Å². The van der Waals surface area contributed by atoms with Gasteiger partial charge in [-0.25, -0.2) is 0 Å². The van der Waals surface area contributed by atoms with E-state index in [0.29, 0.717) is 18.0 Å². The number of thiocarbonyl (C=S) groups is 1. The zero-order valence-electron chi connectivity index (χ0n) is 16.1. The smallest absolute Gasteiger partial charge is 0.164 e. The molecule has 2 aromatic carbocycles. The average molecular weight is 401 g/mol. The SMILES string of the molecule is CC(C)c1cc(/C(=N/NC=S)N(C)c2ccc3c(c2)NCCO3)c(O)cc1O. The first kappa shape index (κ1) is 19.8. The number of nitrogens with one attached hydrogen (secondary N) is 2. The van der Waals surface area contributed by atoms with Crippen LogP contribution in [0.4, 0.5) is 11.4 Å². The molecule has 0 bridgehead atoms. The number of anilines is 2. The second-order valence-electron chi connectivity index (χ2n) is 6.78. The fourth-order valence-electron chi connectivity index (χ4n) is 3.10. The molecule has 0 aliphatic carbocycles. The van der Waals surface area contributed by atoms with Crippen molar-refractivity contribution in [3.8, 4) is 17.2 Å². The Bertz CT molecular complexity index is 915. The summed E-state index contributed by atoms with van der Waals surface area (Å²) in [5.74, 6) is 1.31. The quantitative estimate of drug-likeness (QED) is 0.265. The molecule has 148 valence electrons. The maximum atomic E-state index is 10.5. The lowest BCUT2D eigenvalue weighted by molar-refractivity contribution is 0.323. The molecule has 0 saturated heterocycles. The molecule has 7 nitrogen and oxygen atoms in total. The van der Waals surface area contributed by atoms with E-state index in [0.717, 1.165) is 29.2 Å². The van der Waals surface area contributed by atoms with Crippen molar-refractivity contribution >= 4 is 34.9 Å². The summed E-state index contributed by atoms with van der Waals surface area (Å²) in [6.07, 6.45) is 0. The van der Waals surface area contributed by atoms with Gasteiger partial charge in [0.2, 0.25) is 0 Å². The van der Waals surface area contributed by atoms with Gasteiger partial charge in [0.1, 0.15) is 23.9 Å². The molecule has 4 N–H and O–H groups in total. The lowest BCUT2D eigenvalue weighted by Gasteiger charge is -2.26. The van der Waals surface area contributed by atoms with Crippen molar-refractivity contribution in [2.75, 3.05) is 30.4 Å². The third-order valence-corrected chi connectivity index (χ3v) is 4.68. The highest BCUT2D eigenvalue weighted by atomic mass is 32.1. The molecule has 2 aromatic rings. The number of hydrogen-bond acceptors (Lipinski definition) is 6. The van der Waals surface area contributed by atoms with Crippen molar-refractivity contribution in [3.63, 3.8) is 0 Å². The van der Waals surface area contributed by atoms with Crippen molar-refractivity contribution in [1.82, 2.24) is 5.43 Å². The Kier molecular flexibility index (Phi) is 5.89. The van der Waals surface area contributed by atoms with Gasteiger partial charge in [-0.15, -0.1) is 0 Å². The number of fused-ring (bicyclic) bond motifs is 1. The maximum Gasteiger partial charge on any atom is 0.164 e. The molecular formula is C20H24N4O3S. The number of rotatable bonds is 5. The number of benzene rings is 2. The van der Waals surface area contributed by atoms with Crippen LogP contribution < -0.4 is 20.4 Å². The Balaban J connectivity index is 2.06. The minimum absolute atomic E-state index is 0.0520. The second-order valence-corrected chi connectivity index (χ2v) is 7.02. The molecule has 1 heterocycles. The van der Waals surface area contributed by atoms with E-state index in [1.807, 2.05) is 44.0 Å². The monoisotopic (exact) mass is 400 g/mol. The number of hydrogen-bond donors (Lipinski definition) is 4. The molecular weight excluding hydrogens is 376 g/mol. The van der Waals surface area contributed by atoms with Crippen molar-refractivity contribution in [1.29, 1.82) is 0 Å². The van der Waals surface area contributed by atoms with Gasteiger partial charge in [0.05, 0.1) is 16.7 Å². The molecule has 0 saturated carbocycles. The van der Waals surface area contributed by atoms with E-state index in [4.69, 9.17) is 17.0 Å². The van der Waals surface area contributed by atoms with Crippen molar-refractivity contribution in [3.05, 3.63) is 41.5 Å². The van der Waals surface area contributed by atoms with Crippen LogP contribution in [-0.2, 0) is 0 Å². The molecule has 1 aliphatic heterocycles. The minimum Gasteiger partial charge on any atom is -0.508 e. The molecule has 28 heavy (non-hydrogen) atoms. The number of aromatic hydroxyl groups is 2. The number of nitrogens with zero attached hydrogens (tertiary/aromatic N) is 2. The summed E-state index contributed by atoms with van der Waals surface area (Å²) in [4.78, 5) is 1.83. The van der Waals surface area contributed by atoms with Gasteiger partial charge in [-0.2, -0.15) is 5.10 Å². The van der Waals surface area contributed by atoms with E-state index < -0.39 is 0 Å². The average Bonchev–Trinajstić information content (AvgIpc) is 2.68. The third kappa shape index (κ3) is 3.96. The molecule has 0 fully saturated rings. The Morgan fingerprint density at radius 3 is 2.79 bits per heavy atom. The van der Waals surface area contributed by atoms with Crippen LogP contribution >= 0.6 is 12.2 Å². The van der Waals surface area contributed by atoms with Gasteiger partial charge >= 0.3 is 0 Å². The fourth-order valence-corrected chi connectivity index (χ4v) is 3.15. The van der Waals surface area contributed by atoms with Gasteiger partial charge in [0, 0.05) is 25.3 Å². The molecule has 0 amide bonds. The highest BCUT2D eigenvalue weighted by Gasteiger charge is 2.21. The Hall–Kier alpha value is -3.00. The Labute approximate surface area is 169 Å². The fraction of sp³-hybridized carbons (Fsp3) is 0.300. The Morgan fingerprint density at radius 1 is 1.29 bits per heavy atom. The molecule has 0 atom stereocenters. The molecule has 0 spiro atoms. The van der Waals surface area contributed by atoms with Crippen molar-refractivity contribution < 1.29 is 14.9 Å². The zero-order valence-corrected chi connectivity index (χ0v) is 16.9. The van der Waals surface area contributed by atoms with Crippen LogP contribution in [-0.4, -0.2) is 41.7 Å². The molecule has 0 aromatic heterocycles. The van der Waals surface area contributed by atoms with Gasteiger partial charge in [-0.1, -0.05) is 26.1 Å². The van der Waals surface area contributed by atoms with Crippen LogP contribution in [0.15, 0.2) is 35.4 Å². The van der Waals surface area contributed by atoms with Crippen molar-refractivity contribution in [2.45, 2.75) is 19.8 Å². The van der Waals surface area contributed by atoms with E-state index in [2.05, 4.69) is 15.8 Å². The van der Waals surface area contributed by atoms with E-state index in [1.165, 1.54) is 11.6 Å². The van der Waals surface area contributed by atoms with Gasteiger partial charge in [-0.05, 0) is 35.7 Å². The number of phenols is 2. The normalized spacial score (nSPS) is 13.4. The molecule has 0 radical (unpaired) electrons. The zero-order chi connectivity index (χ0) is 20.3. The standard InChI is InChI=1S/C20H24N4O3S/c1-12(2)14-9-15(18(26)10-17(14)25)20(23-22-11-28)24(3)13-4-5-19-16(8-13)21-6-7-27-19/h4-5,8-12,21,25-26H,6-7H2,1-3H3,(H,22,28)/b23-20-. The van der Waals surface area contributed by atoms with Gasteiger partial charge < -0.3 is 25.2 Å². The van der Waals surface area contributed by atoms with E-state index in [1.54, 1.807) is 6.07 Å². The minimum atomic E-state index is -0.0712. The lowest BCUT2D eigenvalue weighted by atomic mass is 9.98. The molecule has 3 rings (SSSR count). The van der Waals surface area contributed by atoms with Crippen LogP contribution in [0, 0.1) is 0 Å². The number of ether oxygens (including phenoxy) is 1. The lowest BCUT2D eigenvalue weighted by Crippen LogP contribution is -2.30. The van der Waals surface area contributed by atoms with Crippen LogP contribution in [0.2, 0.25) is 0 Å². The van der Waals surface area contributed by atoms with Crippen LogP contribution in [0.5, 0.6) is 17.2 Å². The van der Waals surface area contributed by atoms with Crippen LogP contribution in [0.25, 0.3) is 0 Å². The number of hydrazone groups is 1. The van der Waals surface area contributed by atoms with Gasteiger partial charge in [0.25, 0.3) is 0 Å². The third-order valence-electron chi connectivity index (χ3n) is 4.57. The maximum absolute atomic E-state index is 10.5. The largest absolute Gasteiger partial charge is 0.508 e. The molecule has 8 heteroatoms. The number of phenolic OH excluding ortho intramolecular Hbond substituents is 2. The van der Waals surface area contributed by atoms with E-state index in [9.17, 15) is 10.2 Å². The van der Waals surface area contributed by atoms with Crippen LogP contribution in [0.3, 0.4) is 0 Å². The molecule has 1 aliphatic rings. The van der Waals surface area contributed by atoms with Gasteiger partial charge in [0.15, 0.2) is 5.84 Å². The summed E-state index contributed by atoms with van der Waals surface area (Å²) in [6.45, 7) is 5.32. The van der Waals surface area contributed by atoms with E-state index >= 15 is 0 Å². The summed E-state index contributed by atoms with van der Waals surface area (Å²) in [7, 11) is 1.84. The Morgan fingerprint density at radius 2 is 2.07 bits per heavy atom. The summed E-state index contributed by atoms with van der Waals surface area (Å²) in [5.41, 5.74) is 6.91. The highest BCUT2D eigenvalue weighted by molar-refractivity contribution is 7.78. The molecule has 0 unspecified atom stereocenters. The topological polar surface area (TPSA) is 89.4 Å². The van der Waals surface area contributed by atoms with Crippen molar-refractivity contribution in [2.24, 2.45) is 5.10 Å². The first-order valence-corrected chi connectivity index (χ1v) is 9.47. The first-order valence-electron chi connectivity index (χ1n) is 9.00. The second kappa shape index (κ2) is 8.35. The summed E-state index contributed by atoms with van der Waals surface area (Å²) in [5, 5.41) is 28.3. The van der Waals surface area contributed by atoms with Gasteiger partial charge in [-0.3, -0.25) is 5.43 Å².